The van der Waals surface area contributed by atoms with E-state index in [2.05, 4.69) is 147 Å². The Labute approximate surface area is 264 Å². The lowest BCUT2D eigenvalue weighted by atomic mass is 9.95. The van der Waals surface area contributed by atoms with Gasteiger partial charge in [0.1, 0.15) is 0 Å². The van der Waals surface area contributed by atoms with Gasteiger partial charge in [-0.3, -0.25) is 0 Å². The van der Waals surface area contributed by atoms with Gasteiger partial charge in [-0.25, -0.2) is 0 Å². The molecule has 0 N–H and O–H groups in total. The van der Waals surface area contributed by atoms with Crippen LogP contribution in [0, 0.1) is 0 Å². The topological polar surface area (TPSA) is 0 Å². The summed E-state index contributed by atoms with van der Waals surface area (Å²) in [6, 6.07) is 48.5. The number of hydrogen-bond acceptors (Lipinski definition) is 0. The minimum Gasteiger partial charge on any atom is -0.0988 e. The van der Waals surface area contributed by atoms with Crippen LogP contribution in [0.5, 0.6) is 0 Å². The maximum absolute atomic E-state index is 3.56. The standard InChI is InChI=1S/C20H10.C18H12.C5H8.C2H6/c1-2-12-5-6-14-9-10-15-8-7-13-4-3-11(1)16-17(12)19(14)20(15)18(13)16;1-2-8-14-13(7-1)15-9-3-4-11-17(15)18-12-6-5-10-16(14)18;1-4-5(2)3;1-2/h1-10H;1-12H;4H,1-2H2,3H3;1-2H3. The quantitative estimate of drug-likeness (QED) is 0.135. The van der Waals surface area contributed by atoms with Crippen molar-refractivity contribution in [3.8, 4) is 0 Å². The normalized spacial score (nSPS) is 11.2. The predicted octanol–water partition coefficient (Wildman–Crippen LogP) is 13.7. The van der Waals surface area contributed by atoms with Crippen molar-refractivity contribution in [2.45, 2.75) is 20.8 Å². The van der Waals surface area contributed by atoms with E-state index < -0.39 is 0 Å². The zero-order valence-corrected chi connectivity index (χ0v) is 26.2. The van der Waals surface area contributed by atoms with Gasteiger partial charge in [-0.15, -0.1) is 0 Å². The van der Waals surface area contributed by atoms with Crippen LogP contribution >= 0.6 is 0 Å². The van der Waals surface area contributed by atoms with E-state index in [4.69, 9.17) is 0 Å². The Morgan fingerprint density at radius 1 is 0.378 bits per heavy atom. The number of fused-ring (bicyclic) bond motifs is 6. The minimum absolute atomic E-state index is 1.02. The van der Waals surface area contributed by atoms with Gasteiger partial charge in [0.15, 0.2) is 0 Å². The number of benzene rings is 9. The van der Waals surface area contributed by atoms with Crippen LogP contribution in [0.1, 0.15) is 20.8 Å². The van der Waals surface area contributed by atoms with Crippen molar-refractivity contribution in [3.05, 3.63) is 158 Å². The predicted molar refractivity (Wildman–Crippen MR) is 203 cm³/mol. The molecule has 0 nitrogen and oxygen atoms in total. The van der Waals surface area contributed by atoms with Gasteiger partial charge in [0.2, 0.25) is 0 Å². The SMILES string of the molecule is C=CC(=C)C.CC.c1cc2ccc3ccc4ccc5ccc1c1c2c3c4c51.c1ccc2c(c1)c1ccccc1c1ccccc21. The van der Waals surface area contributed by atoms with Crippen molar-refractivity contribution in [1.82, 2.24) is 0 Å². The Bertz CT molecular complexity index is 2080. The van der Waals surface area contributed by atoms with Crippen LogP contribution in [0.4, 0.5) is 0 Å². The molecule has 0 aliphatic heterocycles. The molecule has 216 valence electrons. The Morgan fingerprint density at radius 3 is 0.667 bits per heavy atom. The van der Waals surface area contributed by atoms with Gasteiger partial charge in [0, 0.05) is 0 Å². The van der Waals surface area contributed by atoms with Crippen molar-refractivity contribution in [1.29, 1.82) is 0 Å². The molecule has 0 amide bonds. The summed E-state index contributed by atoms with van der Waals surface area (Å²) >= 11 is 0. The number of allylic oxidation sites excluding steroid dienone is 2. The molecule has 0 bridgehead atoms. The molecule has 0 aliphatic carbocycles. The van der Waals surface area contributed by atoms with E-state index in [1.807, 2.05) is 20.8 Å². The van der Waals surface area contributed by atoms with Gasteiger partial charge in [-0.05, 0) is 93.1 Å². The second kappa shape index (κ2) is 11.6. The van der Waals surface area contributed by atoms with Crippen LogP contribution in [-0.2, 0) is 0 Å². The molecule has 0 aliphatic rings. The summed E-state index contributed by atoms with van der Waals surface area (Å²) < 4.78 is 0. The second-order valence-electron chi connectivity index (χ2n) is 11.5. The fourth-order valence-corrected chi connectivity index (χ4v) is 6.94. The average Bonchev–Trinajstić information content (AvgIpc) is 3.49. The van der Waals surface area contributed by atoms with E-state index in [1.165, 1.54) is 86.2 Å². The van der Waals surface area contributed by atoms with Gasteiger partial charge in [-0.2, -0.15) is 0 Å². The molecule has 0 heterocycles. The summed E-state index contributed by atoms with van der Waals surface area (Å²) in [5.74, 6) is 0. The molecule has 10 aromatic carbocycles. The van der Waals surface area contributed by atoms with Gasteiger partial charge in [-0.1, -0.05) is 172 Å². The highest BCUT2D eigenvalue weighted by molar-refractivity contribution is 6.44. The zero-order chi connectivity index (χ0) is 31.1. The highest BCUT2D eigenvalue weighted by Crippen LogP contribution is 2.47. The second-order valence-corrected chi connectivity index (χ2v) is 11.5. The van der Waals surface area contributed by atoms with E-state index in [0.29, 0.717) is 0 Å². The summed E-state index contributed by atoms with van der Waals surface area (Å²) in [4.78, 5) is 0. The summed E-state index contributed by atoms with van der Waals surface area (Å²) in [5, 5.41) is 22.1. The molecule has 0 saturated heterocycles. The Hall–Kier alpha value is -5.46. The fourth-order valence-electron chi connectivity index (χ4n) is 6.94. The van der Waals surface area contributed by atoms with Crippen LogP contribution in [-0.4, -0.2) is 0 Å². The lowest BCUT2D eigenvalue weighted by molar-refractivity contribution is 1.50. The fraction of sp³-hybridized carbons (Fsp3) is 0.0667. The summed E-state index contributed by atoms with van der Waals surface area (Å²) in [5.41, 5.74) is 1.02. The van der Waals surface area contributed by atoms with E-state index in [1.54, 1.807) is 6.08 Å². The largest absolute Gasteiger partial charge is 0.0988 e. The number of rotatable bonds is 1. The van der Waals surface area contributed by atoms with Crippen LogP contribution < -0.4 is 0 Å². The molecule has 0 fully saturated rings. The van der Waals surface area contributed by atoms with Crippen molar-refractivity contribution in [2.24, 2.45) is 0 Å². The third-order valence-corrected chi connectivity index (χ3v) is 8.91. The molecule has 10 rings (SSSR count). The summed E-state index contributed by atoms with van der Waals surface area (Å²) in [7, 11) is 0. The van der Waals surface area contributed by atoms with Crippen molar-refractivity contribution in [3.63, 3.8) is 0 Å². The van der Waals surface area contributed by atoms with Crippen LogP contribution in [0.25, 0.3) is 86.2 Å². The van der Waals surface area contributed by atoms with Crippen molar-refractivity contribution < 1.29 is 0 Å². The van der Waals surface area contributed by atoms with Crippen molar-refractivity contribution >= 4 is 86.2 Å². The van der Waals surface area contributed by atoms with Gasteiger partial charge in [0.05, 0.1) is 0 Å². The van der Waals surface area contributed by atoms with Crippen LogP contribution in [0.3, 0.4) is 0 Å². The molecule has 0 aromatic heterocycles. The van der Waals surface area contributed by atoms with E-state index in [-0.39, 0.29) is 0 Å². The maximum Gasteiger partial charge on any atom is -0.00139 e. The van der Waals surface area contributed by atoms with E-state index in [9.17, 15) is 0 Å². The van der Waals surface area contributed by atoms with Gasteiger partial charge >= 0.3 is 0 Å². The number of hydrogen-bond donors (Lipinski definition) is 0. The lowest BCUT2D eigenvalue weighted by Gasteiger charge is -2.09. The monoisotopic (exact) mass is 576 g/mol. The van der Waals surface area contributed by atoms with Crippen LogP contribution in [0.15, 0.2) is 158 Å². The van der Waals surface area contributed by atoms with Gasteiger partial charge < -0.3 is 0 Å². The first-order valence-corrected chi connectivity index (χ1v) is 15.8. The molecule has 0 spiro atoms. The van der Waals surface area contributed by atoms with Crippen molar-refractivity contribution in [2.75, 3.05) is 0 Å². The van der Waals surface area contributed by atoms with Gasteiger partial charge in [0.25, 0.3) is 0 Å². The molecule has 10 aromatic rings. The molecule has 0 saturated carbocycles. The average molecular weight is 577 g/mol. The van der Waals surface area contributed by atoms with Crippen LogP contribution in [0.2, 0.25) is 0 Å². The Balaban J connectivity index is 0.000000121. The third-order valence-electron chi connectivity index (χ3n) is 8.91. The molecule has 0 heteroatoms. The molecule has 0 atom stereocenters. The third kappa shape index (κ3) is 4.53. The highest BCUT2D eigenvalue weighted by Gasteiger charge is 2.19. The first kappa shape index (κ1) is 28.3. The lowest BCUT2D eigenvalue weighted by Crippen LogP contribution is -1.81. The maximum atomic E-state index is 3.56. The highest BCUT2D eigenvalue weighted by atomic mass is 14.2. The molecule has 0 unspecified atom stereocenters. The Morgan fingerprint density at radius 2 is 0.533 bits per heavy atom. The first-order valence-electron chi connectivity index (χ1n) is 15.8. The Kier molecular flexibility index (Phi) is 7.28. The molecule has 0 radical (unpaired) electrons. The van der Waals surface area contributed by atoms with E-state index >= 15 is 0 Å². The molecule has 45 heavy (non-hydrogen) atoms. The zero-order valence-electron chi connectivity index (χ0n) is 26.2. The first-order chi connectivity index (χ1) is 22.1. The summed E-state index contributed by atoms with van der Waals surface area (Å²) in [6.07, 6.45) is 1.72. The summed E-state index contributed by atoms with van der Waals surface area (Å²) in [6.45, 7) is 12.9. The van der Waals surface area contributed by atoms with E-state index in [0.717, 1.165) is 5.57 Å². The molecular weight excluding hydrogens is 540 g/mol. The smallest absolute Gasteiger partial charge is 0.00139 e. The minimum atomic E-state index is 1.02. The molecular formula is C45H36.